The predicted molar refractivity (Wildman–Crippen MR) is 67.4 cm³/mol. The van der Waals surface area contributed by atoms with E-state index >= 15 is 0 Å². The summed E-state index contributed by atoms with van der Waals surface area (Å²) in [4.78, 5) is 11.8. The fourth-order valence-corrected chi connectivity index (χ4v) is 1.65. The molecular formula is C13H8ClF2NO2. The molecule has 0 bridgehead atoms. The molecule has 2 N–H and O–H groups in total. The summed E-state index contributed by atoms with van der Waals surface area (Å²) in [5.41, 5.74) is -0.396. The minimum atomic E-state index is -1.16. The number of rotatable bonds is 2. The molecule has 0 radical (unpaired) electrons. The first-order valence-corrected chi connectivity index (χ1v) is 5.60. The highest BCUT2D eigenvalue weighted by Crippen LogP contribution is 2.24. The molecule has 0 aromatic heterocycles. The van der Waals surface area contributed by atoms with Crippen molar-refractivity contribution in [2.24, 2.45) is 0 Å². The second kappa shape index (κ2) is 5.24. The molecule has 19 heavy (non-hydrogen) atoms. The van der Waals surface area contributed by atoms with E-state index in [4.69, 9.17) is 11.6 Å². The minimum absolute atomic E-state index is 0.0898. The summed E-state index contributed by atoms with van der Waals surface area (Å²) in [6, 6.07) is 7.27. The first kappa shape index (κ1) is 13.3. The number of phenolic OH excluding ortho intramolecular Hbond substituents is 1. The Hall–Kier alpha value is -2.14. The van der Waals surface area contributed by atoms with Crippen LogP contribution < -0.4 is 5.32 Å². The summed E-state index contributed by atoms with van der Waals surface area (Å²) in [6.45, 7) is 0. The van der Waals surface area contributed by atoms with Crippen molar-refractivity contribution in [1.82, 2.24) is 0 Å². The van der Waals surface area contributed by atoms with Crippen LogP contribution in [0.4, 0.5) is 14.5 Å². The van der Waals surface area contributed by atoms with Crippen LogP contribution in [-0.4, -0.2) is 11.0 Å². The largest absolute Gasteiger partial charge is 0.507 e. The number of halogens is 3. The number of anilines is 1. The Labute approximate surface area is 112 Å². The normalized spacial score (nSPS) is 10.3. The third-order valence-corrected chi connectivity index (χ3v) is 2.64. The molecular weight excluding hydrogens is 276 g/mol. The number of amides is 1. The van der Waals surface area contributed by atoms with E-state index < -0.39 is 17.5 Å². The van der Waals surface area contributed by atoms with Crippen LogP contribution in [0.5, 0.6) is 5.75 Å². The van der Waals surface area contributed by atoms with Crippen molar-refractivity contribution in [1.29, 1.82) is 0 Å². The molecule has 0 saturated heterocycles. The molecule has 1 amide bonds. The average Bonchev–Trinajstić information content (AvgIpc) is 2.34. The molecule has 0 aliphatic rings. The van der Waals surface area contributed by atoms with E-state index in [1.807, 2.05) is 0 Å². The highest BCUT2D eigenvalue weighted by Gasteiger charge is 2.15. The topological polar surface area (TPSA) is 49.3 Å². The van der Waals surface area contributed by atoms with Gasteiger partial charge < -0.3 is 10.4 Å². The minimum Gasteiger partial charge on any atom is -0.507 e. The molecule has 98 valence electrons. The zero-order valence-electron chi connectivity index (χ0n) is 9.45. The Kier molecular flexibility index (Phi) is 3.66. The highest BCUT2D eigenvalue weighted by molar-refractivity contribution is 6.30. The predicted octanol–water partition coefficient (Wildman–Crippen LogP) is 3.58. The van der Waals surface area contributed by atoms with Gasteiger partial charge in [0.15, 0.2) is 11.6 Å². The summed E-state index contributed by atoms with van der Waals surface area (Å²) in [5, 5.41) is 12.0. The van der Waals surface area contributed by atoms with Gasteiger partial charge in [0.1, 0.15) is 5.75 Å². The molecule has 0 aliphatic heterocycles. The lowest BCUT2D eigenvalue weighted by molar-refractivity contribution is 0.102. The molecule has 2 aromatic rings. The van der Waals surface area contributed by atoms with Crippen LogP contribution in [0.2, 0.25) is 5.02 Å². The van der Waals surface area contributed by atoms with Crippen LogP contribution >= 0.6 is 11.6 Å². The van der Waals surface area contributed by atoms with Crippen molar-refractivity contribution >= 4 is 23.2 Å². The van der Waals surface area contributed by atoms with Gasteiger partial charge in [-0.05, 0) is 30.3 Å². The summed E-state index contributed by atoms with van der Waals surface area (Å²) in [5.74, 6) is -3.34. The fourth-order valence-electron chi connectivity index (χ4n) is 1.49. The molecule has 6 heteroatoms. The Morgan fingerprint density at radius 2 is 1.95 bits per heavy atom. The van der Waals surface area contributed by atoms with E-state index in [1.54, 1.807) is 0 Å². The lowest BCUT2D eigenvalue weighted by atomic mass is 10.2. The standard InChI is InChI=1S/C13H8ClF2NO2/c14-7-4-5-8(11(18)6-7)13(19)17-10-3-1-2-9(15)12(10)16/h1-6,18H,(H,17,19). The molecule has 0 saturated carbocycles. The zero-order valence-corrected chi connectivity index (χ0v) is 10.2. The van der Waals surface area contributed by atoms with E-state index in [-0.39, 0.29) is 22.0 Å². The van der Waals surface area contributed by atoms with Gasteiger partial charge in [0, 0.05) is 5.02 Å². The third kappa shape index (κ3) is 2.82. The van der Waals surface area contributed by atoms with Crippen LogP contribution in [-0.2, 0) is 0 Å². The summed E-state index contributed by atoms with van der Waals surface area (Å²) < 4.78 is 26.3. The van der Waals surface area contributed by atoms with Crippen molar-refractivity contribution in [3.8, 4) is 5.75 Å². The quantitative estimate of drug-likeness (QED) is 0.885. The number of benzene rings is 2. The number of carbonyl (C=O) groups excluding carboxylic acids is 1. The molecule has 0 heterocycles. The maximum absolute atomic E-state index is 13.4. The second-order valence-electron chi connectivity index (χ2n) is 3.72. The van der Waals surface area contributed by atoms with Gasteiger partial charge in [-0.2, -0.15) is 0 Å². The Morgan fingerprint density at radius 3 is 2.63 bits per heavy atom. The fraction of sp³-hybridized carbons (Fsp3) is 0. The number of nitrogens with one attached hydrogen (secondary N) is 1. The molecule has 0 spiro atoms. The maximum Gasteiger partial charge on any atom is 0.259 e. The van der Waals surface area contributed by atoms with Crippen molar-refractivity contribution in [3.63, 3.8) is 0 Å². The molecule has 3 nitrogen and oxygen atoms in total. The lowest BCUT2D eigenvalue weighted by Gasteiger charge is -2.08. The van der Waals surface area contributed by atoms with Gasteiger partial charge in [-0.15, -0.1) is 0 Å². The van der Waals surface area contributed by atoms with Gasteiger partial charge in [0.05, 0.1) is 11.3 Å². The van der Waals surface area contributed by atoms with Crippen LogP contribution in [0.1, 0.15) is 10.4 Å². The first-order chi connectivity index (χ1) is 8.99. The Bertz CT molecular complexity index is 647. The van der Waals surface area contributed by atoms with E-state index in [9.17, 15) is 18.7 Å². The van der Waals surface area contributed by atoms with Crippen LogP contribution in [0, 0.1) is 11.6 Å². The summed E-state index contributed by atoms with van der Waals surface area (Å²) >= 11 is 5.63. The maximum atomic E-state index is 13.4. The molecule has 0 fully saturated rings. The van der Waals surface area contributed by atoms with E-state index in [0.29, 0.717) is 0 Å². The van der Waals surface area contributed by atoms with Crippen molar-refractivity contribution in [2.75, 3.05) is 5.32 Å². The van der Waals surface area contributed by atoms with E-state index in [0.717, 1.165) is 6.07 Å². The van der Waals surface area contributed by atoms with Gasteiger partial charge >= 0.3 is 0 Å². The Morgan fingerprint density at radius 1 is 1.21 bits per heavy atom. The lowest BCUT2D eigenvalue weighted by Crippen LogP contribution is -2.13. The highest BCUT2D eigenvalue weighted by atomic mass is 35.5. The summed E-state index contributed by atoms with van der Waals surface area (Å²) in [7, 11) is 0. The van der Waals surface area contributed by atoms with Gasteiger partial charge in [-0.3, -0.25) is 4.79 Å². The molecule has 2 rings (SSSR count). The van der Waals surface area contributed by atoms with Gasteiger partial charge in [-0.1, -0.05) is 17.7 Å². The molecule has 2 aromatic carbocycles. The average molecular weight is 284 g/mol. The SMILES string of the molecule is O=C(Nc1cccc(F)c1F)c1ccc(Cl)cc1O. The number of aromatic hydroxyl groups is 1. The van der Waals surface area contributed by atoms with Gasteiger partial charge in [-0.25, -0.2) is 8.78 Å². The van der Waals surface area contributed by atoms with Crippen molar-refractivity contribution < 1.29 is 18.7 Å². The van der Waals surface area contributed by atoms with Gasteiger partial charge in [0.2, 0.25) is 0 Å². The van der Waals surface area contributed by atoms with Gasteiger partial charge in [0.25, 0.3) is 5.91 Å². The van der Waals surface area contributed by atoms with Crippen LogP contribution in [0.25, 0.3) is 0 Å². The number of hydrogen-bond donors (Lipinski definition) is 2. The zero-order chi connectivity index (χ0) is 14.0. The molecule has 0 aliphatic carbocycles. The molecule has 0 atom stereocenters. The monoisotopic (exact) mass is 283 g/mol. The third-order valence-electron chi connectivity index (χ3n) is 2.40. The van der Waals surface area contributed by atoms with Crippen molar-refractivity contribution in [3.05, 3.63) is 58.6 Å². The summed E-state index contributed by atoms with van der Waals surface area (Å²) in [6.07, 6.45) is 0. The number of phenols is 1. The van der Waals surface area contributed by atoms with Crippen LogP contribution in [0.15, 0.2) is 36.4 Å². The van der Waals surface area contributed by atoms with E-state index in [2.05, 4.69) is 5.32 Å². The molecule has 0 unspecified atom stereocenters. The second-order valence-corrected chi connectivity index (χ2v) is 4.15. The number of hydrogen-bond acceptors (Lipinski definition) is 2. The Balaban J connectivity index is 2.28. The smallest absolute Gasteiger partial charge is 0.259 e. The van der Waals surface area contributed by atoms with Crippen molar-refractivity contribution in [2.45, 2.75) is 0 Å². The number of carbonyl (C=O) groups is 1. The van der Waals surface area contributed by atoms with Crippen LogP contribution in [0.3, 0.4) is 0 Å². The first-order valence-electron chi connectivity index (χ1n) is 5.23. The van der Waals surface area contributed by atoms with E-state index in [1.165, 1.54) is 30.3 Å².